The number of likely N-dealkylation sites (tertiary alicyclic amines) is 1. The fraction of sp³-hybridized carbons (Fsp3) is 0.190. The summed E-state index contributed by atoms with van der Waals surface area (Å²) in [5.74, 6) is 0.285. The van der Waals surface area contributed by atoms with Crippen molar-refractivity contribution in [2.24, 2.45) is 5.73 Å². The summed E-state index contributed by atoms with van der Waals surface area (Å²) in [6.45, 7) is 1.28. The number of hydrogen-bond acceptors (Lipinski definition) is 3. The van der Waals surface area contributed by atoms with E-state index in [9.17, 15) is 4.79 Å². The molecule has 0 radical (unpaired) electrons. The normalized spacial score (nSPS) is 20.0. The summed E-state index contributed by atoms with van der Waals surface area (Å²) in [5.41, 5.74) is 9.65. The number of nitrogens with two attached hydrogens (primary N) is 1. The molecule has 3 nitrogen and oxygen atoms in total. The van der Waals surface area contributed by atoms with Crippen molar-refractivity contribution >= 4 is 17.2 Å². The molecule has 4 rings (SSSR count). The Morgan fingerprint density at radius 2 is 1.64 bits per heavy atom. The van der Waals surface area contributed by atoms with E-state index < -0.39 is 0 Å². The average molecular weight is 348 g/mol. The molecule has 2 unspecified atom stereocenters. The first kappa shape index (κ1) is 16.1. The first-order valence-corrected chi connectivity index (χ1v) is 9.34. The van der Waals surface area contributed by atoms with Crippen LogP contribution in [0.25, 0.3) is 11.1 Å². The van der Waals surface area contributed by atoms with Crippen molar-refractivity contribution in [3.8, 4) is 11.1 Å². The number of hydrogen-bond donors (Lipinski definition) is 1. The molecule has 3 aromatic rings. The van der Waals surface area contributed by atoms with Gasteiger partial charge in [-0.1, -0.05) is 60.7 Å². The molecule has 1 fully saturated rings. The Labute approximate surface area is 151 Å². The molecular formula is C21H20N2OS. The lowest BCUT2D eigenvalue weighted by Crippen LogP contribution is -2.32. The quantitative estimate of drug-likeness (QED) is 0.778. The van der Waals surface area contributed by atoms with Gasteiger partial charge in [0, 0.05) is 30.6 Å². The van der Waals surface area contributed by atoms with Gasteiger partial charge in [-0.3, -0.25) is 4.79 Å². The first-order chi connectivity index (χ1) is 12.2. The van der Waals surface area contributed by atoms with Gasteiger partial charge in [-0.25, -0.2) is 0 Å². The van der Waals surface area contributed by atoms with Crippen molar-refractivity contribution in [2.75, 3.05) is 13.1 Å². The van der Waals surface area contributed by atoms with Gasteiger partial charge in [0.15, 0.2) is 0 Å². The third-order valence-corrected chi connectivity index (χ3v) is 5.73. The Hall–Kier alpha value is -2.43. The molecule has 2 aromatic carbocycles. The molecule has 1 aliphatic heterocycles. The van der Waals surface area contributed by atoms with Gasteiger partial charge in [0.2, 0.25) is 0 Å². The minimum Gasteiger partial charge on any atom is -0.336 e. The summed E-state index contributed by atoms with van der Waals surface area (Å²) in [6, 6.07) is 22.3. The molecule has 126 valence electrons. The van der Waals surface area contributed by atoms with Crippen molar-refractivity contribution in [1.82, 2.24) is 4.90 Å². The van der Waals surface area contributed by atoms with E-state index in [0.717, 1.165) is 16.0 Å². The number of amides is 1. The van der Waals surface area contributed by atoms with Crippen molar-refractivity contribution in [3.05, 3.63) is 82.6 Å². The molecule has 1 aliphatic rings. The zero-order valence-corrected chi connectivity index (χ0v) is 14.7. The third-order valence-electron chi connectivity index (χ3n) is 4.82. The first-order valence-electron chi connectivity index (χ1n) is 8.47. The molecule has 4 heteroatoms. The van der Waals surface area contributed by atoms with E-state index in [1.54, 1.807) is 0 Å². The molecule has 0 spiro atoms. The van der Waals surface area contributed by atoms with E-state index in [4.69, 9.17) is 5.73 Å². The fourth-order valence-electron chi connectivity index (χ4n) is 3.51. The second-order valence-corrected chi connectivity index (χ2v) is 7.34. The number of thiophene rings is 1. The molecule has 25 heavy (non-hydrogen) atoms. The predicted molar refractivity (Wildman–Crippen MR) is 103 cm³/mol. The second kappa shape index (κ2) is 6.82. The number of carbonyl (C=O) groups excluding carboxylic acids is 1. The standard InChI is InChI=1S/C21H20N2OS/c22-19-14-23(13-18(19)16-9-5-2-6-10-16)21(24)20-17(11-12-25-20)15-7-3-1-4-8-15/h1-12,18-19H,13-14,22H2. The van der Waals surface area contributed by atoms with E-state index in [-0.39, 0.29) is 17.9 Å². The van der Waals surface area contributed by atoms with Gasteiger partial charge in [0.05, 0.1) is 4.88 Å². The SMILES string of the molecule is NC1CN(C(=O)c2sccc2-c2ccccc2)CC1c1ccccc1. The molecule has 0 saturated carbocycles. The van der Waals surface area contributed by atoms with Crippen molar-refractivity contribution in [2.45, 2.75) is 12.0 Å². The van der Waals surface area contributed by atoms with Crippen LogP contribution in [0.1, 0.15) is 21.2 Å². The maximum Gasteiger partial charge on any atom is 0.264 e. The van der Waals surface area contributed by atoms with Crippen LogP contribution in [0.4, 0.5) is 0 Å². The molecule has 1 saturated heterocycles. The van der Waals surface area contributed by atoms with Crippen LogP contribution in [0.5, 0.6) is 0 Å². The lowest BCUT2D eigenvalue weighted by atomic mass is 9.95. The Morgan fingerprint density at radius 3 is 2.36 bits per heavy atom. The molecule has 0 bridgehead atoms. The van der Waals surface area contributed by atoms with Crippen molar-refractivity contribution in [3.63, 3.8) is 0 Å². The number of carbonyl (C=O) groups is 1. The monoisotopic (exact) mass is 348 g/mol. The summed E-state index contributed by atoms with van der Waals surface area (Å²) in [4.78, 5) is 15.8. The van der Waals surface area contributed by atoms with Crippen molar-refractivity contribution < 1.29 is 4.79 Å². The molecule has 2 heterocycles. The van der Waals surface area contributed by atoms with Gasteiger partial charge in [0.25, 0.3) is 5.91 Å². The van der Waals surface area contributed by atoms with E-state index >= 15 is 0 Å². The highest BCUT2D eigenvalue weighted by atomic mass is 32.1. The molecule has 1 aromatic heterocycles. The Kier molecular flexibility index (Phi) is 4.38. The summed E-state index contributed by atoms with van der Waals surface area (Å²) < 4.78 is 0. The maximum atomic E-state index is 13.1. The molecular weight excluding hydrogens is 328 g/mol. The smallest absolute Gasteiger partial charge is 0.264 e. The summed E-state index contributed by atoms with van der Waals surface area (Å²) >= 11 is 1.51. The summed E-state index contributed by atoms with van der Waals surface area (Å²) in [6.07, 6.45) is 0. The van der Waals surface area contributed by atoms with Crippen LogP contribution in [0, 0.1) is 0 Å². The largest absolute Gasteiger partial charge is 0.336 e. The highest BCUT2D eigenvalue weighted by Gasteiger charge is 2.35. The molecule has 2 atom stereocenters. The van der Waals surface area contributed by atoms with Gasteiger partial charge in [-0.2, -0.15) is 0 Å². The Bertz CT molecular complexity index is 860. The van der Waals surface area contributed by atoms with Crippen LogP contribution in [0.2, 0.25) is 0 Å². The molecule has 2 N–H and O–H groups in total. The minimum atomic E-state index is -0.0218. The number of nitrogens with zero attached hydrogens (tertiary/aromatic N) is 1. The zero-order chi connectivity index (χ0) is 17.2. The number of rotatable bonds is 3. The van der Waals surface area contributed by atoms with E-state index in [1.165, 1.54) is 16.9 Å². The van der Waals surface area contributed by atoms with Crippen molar-refractivity contribution in [1.29, 1.82) is 0 Å². The maximum absolute atomic E-state index is 13.1. The average Bonchev–Trinajstić information content (AvgIpc) is 3.29. The minimum absolute atomic E-state index is 0.0218. The number of benzene rings is 2. The van der Waals surface area contributed by atoms with Gasteiger partial charge in [-0.05, 0) is 22.6 Å². The van der Waals surface area contributed by atoms with Gasteiger partial charge in [-0.15, -0.1) is 11.3 Å². The third kappa shape index (κ3) is 3.11. The lowest BCUT2D eigenvalue weighted by Gasteiger charge is -2.16. The van der Waals surface area contributed by atoms with Crippen LogP contribution in [0.3, 0.4) is 0 Å². The van der Waals surface area contributed by atoms with E-state index in [2.05, 4.69) is 12.1 Å². The van der Waals surface area contributed by atoms with Crippen LogP contribution in [-0.4, -0.2) is 29.9 Å². The summed E-state index contributed by atoms with van der Waals surface area (Å²) in [7, 11) is 0. The highest BCUT2D eigenvalue weighted by molar-refractivity contribution is 7.12. The Morgan fingerprint density at radius 1 is 0.960 bits per heavy atom. The van der Waals surface area contributed by atoms with Gasteiger partial charge >= 0.3 is 0 Å². The molecule has 0 aliphatic carbocycles. The van der Waals surface area contributed by atoms with Crippen LogP contribution < -0.4 is 5.73 Å². The zero-order valence-electron chi connectivity index (χ0n) is 13.8. The van der Waals surface area contributed by atoms with Gasteiger partial charge in [0.1, 0.15) is 0 Å². The van der Waals surface area contributed by atoms with E-state index in [0.29, 0.717) is 13.1 Å². The van der Waals surface area contributed by atoms with Crippen LogP contribution >= 0.6 is 11.3 Å². The second-order valence-electron chi connectivity index (χ2n) is 6.42. The van der Waals surface area contributed by atoms with Crippen LogP contribution in [-0.2, 0) is 0 Å². The Balaban J connectivity index is 1.58. The lowest BCUT2D eigenvalue weighted by molar-refractivity contribution is 0.0794. The highest BCUT2D eigenvalue weighted by Crippen LogP contribution is 2.32. The summed E-state index contributed by atoms with van der Waals surface area (Å²) in [5, 5.41) is 1.99. The fourth-order valence-corrected chi connectivity index (χ4v) is 4.39. The van der Waals surface area contributed by atoms with Gasteiger partial charge < -0.3 is 10.6 Å². The van der Waals surface area contributed by atoms with Crippen LogP contribution in [0.15, 0.2) is 72.1 Å². The molecule has 1 amide bonds. The predicted octanol–water partition coefficient (Wildman–Crippen LogP) is 3.98. The van der Waals surface area contributed by atoms with E-state index in [1.807, 2.05) is 64.9 Å². The topological polar surface area (TPSA) is 46.3 Å².